The van der Waals surface area contributed by atoms with Crippen molar-refractivity contribution in [3.8, 4) is 0 Å². The zero-order valence-electron chi connectivity index (χ0n) is 15.9. The Hall–Kier alpha value is -1.45. The van der Waals surface area contributed by atoms with Crippen LogP contribution in [0.1, 0.15) is 44.5 Å². The number of aromatic nitrogens is 2. The zero-order chi connectivity index (χ0) is 19.5. The molecule has 1 unspecified atom stereocenters. The van der Waals surface area contributed by atoms with Gasteiger partial charge in [0.05, 0.1) is 17.3 Å². The molecule has 0 spiro atoms. The number of H-pyrrole nitrogens is 1. The van der Waals surface area contributed by atoms with Crippen LogP contribution in [-0.4, -0.2) is 59.7 Å². The largest absolute Gasteiger partial charge is 0.481 e. The topological polar surface area (TPSA) is 115 Å². The summed E-state index contributed by atoms with van der Waals surface area (Å²) in [6.07, 6.45) is 1.97. The lowest BCUT2D eigenvalue weighted by Gasteiger charge is -2.32. The first-order valence-corrected chi connectivity index (χ1v) is 10.5. The van der Waals surface area contributed by atoms with Gasteiger partial charge in [-0.15, -0.1) is 0 Å². The van der Waals surface area contributed by atoms with Crippen molar-refractivity contribution in [1.29, 1.82) is 0 Å². The van der Waals surface area contributed by atoms with E-state index in [0.29, 0.717) is 56.2 Å². The number of nitrogens with one attached hydrogen (secondary N) is 2. The molecule has 0 bridgehead atoms. The minimum atomic E-state index is -3.55. The molecule has 0 aromatic carbocycles. The molecular formula is C17H30N4O4S. The van der Waals surface area contributed by atoms with Gasteiger partial charge >= 0.3 is 5.97 Å². The van der Waals surface area contributed by atoms with Gasteiger partial charge in [0.25, 0.3) is 0 Å². The van der Waals surface area contributed by atoms with E-state index in [1.165, 1.54) is 4.31 Å². The normalized spacial score (nSPS) is 18.3. The Bertz CT molecular complexity index is 702. The number of piperidine rings is 1. The highest BCUT2D eigenvalue weighted by Gasteiger charge is 2.33. The maximum Gasteiger partial charge on any atom is 0.307 e. The van der Waals surface area contributed by atoms with Crippen molar-refractivity contribution < 1.29 is 18.3 Å². The van der Waals surface area contributed by atoms with Gasteiger partial charge in [-0.3, -0.25) is 9.89 Å². The summed E-state index contributed by atoms with van der Waals surface area (Å²) in [6, 6.07) is 0.141. The minimum absolute atomic E-state index is 0.141. The summed E-state index contributed by atoms with van der Waals surface area (Å²) >= 11 is 0. The molecule has 1 aliphatic rings. The summed E-state index contributed by atoms with van der Waals surface area (Å²) in [6.45, 7) is 8.69. The fourth-order valence-electron chi connectivity index (χ4n) is 3.50. The number of aromatic amines is 1. The van der Waals surface area contributed by atoms with Gasteiger partial charge in [-0.2, -0.15) is 9.40 Å². The van der Waals surface area contributed by atoms with Crippen molar-refractivity contribution in [2.75, 3.05) is 19.6 Å². The SMILES string of the molecule is Cc1n[nH]c(C)c1S(=O)(=O)N1CCC(NCC(CC(C)C)C(=O)O)CC1. The number of carbonyl (C=O) groups is 1. The second kappa shape index (κ2) is 8.49. The molecule has 2 rings (SSSR count). The van der Waals surface area contributed by atoms with E-state index in [4.69, 9.17) is 0 Å². The number of sulfonamides is 1. The molecule has 1 fully saturated rings. The fourth-order valence-corrected chi connectivity index (χ4v) is 5.30. The lowest BCUT2D eigenvalue weighted by molar-refractivity contribution is -0.142. The second-order valence-electron chi connectivity index (χ2n) is 7.51. The molecule has 9 heteroatoms. The number of rotatable bonds is 8. The lowest BCUT2D eigenvalue weighted by atomic mass is 9.96. The first-order chi connectivity index (χ1) is 12.1. The van der Waals surface area contributed by atoms with Gasteiger partial charge in [0, 0.05) is 25.7 Å². The predicted octanol–water partition coefficient (Wildman–Crippen LogP) is 1.52. The van der Waals surface area contributed by atoms with Crippen molar-refractivity contribution in [1.82, 2.24) is 19.8 Å². The summed E-state index contributed by atoms with van der Waals surface area (Å²) in [5.41, 5.74) is 1.04. The molecule has 1 aliphatic heterocycles. The third-order valence-corrected chi connectivity index (χ3v) is 7.03. The van der Waals surface area contributed by atoms with Crippen molar-refractivity contribution in [2.24, 2.45) is 11.8 Å². The van der Waals surface area contributed by atoms with Crippen molar-refractivity contribution in [3.63, 3.8) is 0 Å². The number of aliphatic carboxylic acids is 1. The summed E-state index contributed by atoms with van der Waals surface area (Å²) in [5.74, 6) is -0.864. The van der Waals surface area contributed by atoms with Gasteiger partial charge in [0.1, 0.15) is 4.90 Å². The average Bonchev–Trinajstić information content (AvgIpc) is 2.90. The summed E-state index contributed by atoms with van der Waals surface area (Å²) in [7, 11) is -3.55. The molecule has 0 saturated carbocycles. The third-order valence-electron chi connectivity index (χ3n) is 4.87. The number of nitrogens with zero attached hydrogens (tertiary/aromatic N) is 2. The standard InChI is InChI=1S/C17H30N4O4S/c1-11(2)9-14(17(22)23)10-18-15-5-7-21(8-6-15)26(24,25)16-12(3)19-20-13(16)4/h11,14-15,18H,5-10H2,1-4H3,(H,19,20)(H,22,23). The minimum Gasteiger partial charge on any atom is -0.481 e. The van der Waals surface area contributed by atoms with Crippen molar-refractivity contribution in [2.45, 2.75) is 57.9 Å². The summed E-state index contributed by atoms with van der Waals surface area (Å²) in [5, 5.41) is 19.3. The monoisotopic (exact) mass is 386 g/mol. The molecule has 26 heavy (non-hydrogen) atoms. The van der Waals surface area contributed by atoms with E-state index in [1.807, 2.05) is 13.8 Å². The summed E-state index contributed by atoms with van der Waals surface area (Å²) < 4.78 is 27.2. The van der Waals surface area contributed by atoms with Gasteiger partial charge in [-0.25, -0.2) is 8.42 Å². The zero-order valence-corrected chi connectivity index (χ0v) is 16.8. The summed E-state index contributed by atoms with van der Waals surface area (Å²) in [4.78, 5) is 11.6. The quantitative estimate of drug-likeness (QED) is 0.624. The van der Waals surface area contributed by atoms with Crippen molar-refractivity contribution >= 4 is 16.0 Å². The maximum atomic E-state index is 12.8. The highest BCUT2D eigenvalue weighted by atomic mass is 32.2. The first kappa shape index (κ1) is 20.9. The van der Waals surface area contributed by atoms with Crippen LogP contribution in [0.15, 0.2) is 4.90 Å². The van der Waals surface area contributed by atoms with E-state index < -0.39 is 21.9 Å². The molecule has 0 radical (unpaired) electrons. The number of carboxylic acid groups (broad SMARTS) is 1. The number of hydrogen-bond donors (Lipinski definition) is 3. The molecule has 8 nitrogen and oxygen atoms in total. The van der Waals surface area contributed by atoms with E-state index in [9.17, 15) is 18.3 Å². The van der Waals surface area contributed by atoms with Crippen LogP contribution in [0.5, 0.6) is 0 Å². The highest BCUT2D eigenvalue weighted by molar-refractivity contribution is 7.89. The van der Waals surface area contributed by atoms with Crippen LogP contribution in [0.2, 0.25) is 0 Å². The van der Waals surface area contributed by atoms with Crippen LogP contribution in [-0.2, 0) is 14.8 Å². The van der Waals surface area contributed by atoms with Gasteiger partial charge in [-0.1, -0.05) is 13.8 Å². The lowest BCUT2D eigenvalue weighted by Crippen LogP contribution is -2.46. The van der Waals surface area contributed by atoms with Crippen LogP contribution in [0.4, 0.5) is 0 Å². The Morgan fingerprint density at radius 3 is 2.42 bits per heavy atom. The molecule has 148 valence electrons. The number of carboxylic acids is 1. The van der Waals surface area contributed by atoms with Crippen LogP contribution in [0.25, 0.3) is 0 Å². The molecule has 0 aliphatic carbocycles. The third kappa shape index (κ3) is 4.83. The average molecular weight is 387 g/mol. The van der Waals surface area contributed by atoms with Gasteiger partial charge < -0.3 is 10.4 Å². The Morgan fingerprint density at radius 2 is 1.96 bits per heavy atom. The van der Waals surface area contributed by atoms with E-state index in [1.54, 1.807) is 13.8 Å². The molecule has 1 aromatic heterocycles. The Labute approximate surface area is 155 Å². The van der Waals surface area contributed by atoms with Gasteiger partial charge in [-0.05, 0) is 39.0 Å². The number of aryl methyl sites for hydroxylation is 2. The van der Waals surface area contributed by atoms with Crippen LogP contribution >= 0.6 is 0 Å². The van der Waals surface area contributed by atoms with Crippen molar-refractivity contribution in [3.05, 3.63) is 11.4 Å². The van der Waals surface area contributed by atoms with Crippen LogP contribution in [0, 0.1) is 25.7 Å². The second-order valence-corrected chi connectivity index (χ2v) is 9.39. The molecule has 2 heterocycles. The van der Waals surface area contributed by atoms with E-state index in [2.05, 4.69) is 15.5 Å². The van der Waals surface area contributed by atoms with Crippen LogP contribution < -0.4 is 5.32 Å². The Kier molecular flexibility index (Phi) is 6.81. The Balaban J connectivity index is 1.92. The van der Waals surface area contributed by atoms with Crippen LogP contribution in [0.3, 0.4) is 0 Å². The number of hydrogen-bond acceptors (Lipinski definition) is 5. The first-order valence-electron chi connectivity index (χ1n) is 9.10. The van der Waals surface area contributed by atoms with Gasteiger partial charge in [0.2, 0.25) is 10.0 Å². The predicted molar refractivity (Wildman–Crippen MR) is 98.4 cm³/mol. The molecule has 1 atom stereocenters. The van der Waals surface area contributed by atoms with E-state index in [0.717, 1.165) is 0 Å². The van der Waals surface area contributed by atoms with E-state index in [-0.39, 0.29) is 10.9 Å². The molecule has 1 saturated heterocycles. The smallest absolute Gasteiger partial charge is 0.307 e. The molecule has 1 aromatic rings. The maximum absolute atomic E-state index is 12.8. The highest BCUT2D eigenvalue weighted by Crippen LogP contribution is 2.25. The van der Waals surface area contributed by atoms with E-state index >= 15 is 0 Å². The van der Waals surface area contributed by atoms with Gasteiger partial charge in [0.15, 0.2) is 0 Å². The molecule has 3 N–H and O–H groups in total. The molecular weight excluding hydrogens is 356 g/mol. The molecule has 0 amide bonds. The fraction of sp³-hybridized carbons (Fsp3) is 0.765. The Morgan fingerprint density at radius 1 is 1.35 bits per heavy atom.